The molecule has 0 aliphatic heterocycles. The smallest absolute Gasteiger partial charge is 0.304 e. The third-order valence-electron chi connectivity index (χ3n) is 6.55. The molecule has 5 rings (SSSR count). The number of thiophene rings is 1. The summed E-state index contributed by atoms with van der Waals surface area (Å²) >= 11 is 1.73. The highest BCUT2D eigenvalue weighted by Crippen LogP contribution is 2.47. The van der Waals surface area contributed by atoms with E-state index in [-0.39, 0.29) is 6.42 Å². The molecule has 1 fully saturated rings. The van der Waals surface area contributed by atoms with Crippen LogP contribution < -0.4 is 4.74 Å². The number of rotatable bonds is 7. The summed E-state index contributed by atoms with van der Waals surface area (Å²) < 4.78 is 7.26. The summed E-state index contributed by atoms with van der Waals surface area (Å²) in [6.45, 7) is 2.47. The first-order chi connectivity index (χ1) is 15.9. The number of aliphatic carboxylic acids is 1. The largest absolute Gasteiger partial charge is 0.489 e. The number of carboxylic acid groups (broad SMARTS) is 1. The lowest BCUT2D eigenvalue weighted by molar-refractivity contribution is -0.140. The SMILES string of the molecule is Cc1ncccc1-c1csc2ccc(COc3ccc([C@]4(CC(=O)O)C[C@@H](O)C4)cc3)cc12. The molecule has 5 nitrogen and oxygen atoms in total. The zero-order chi connectivity index (χ0) is 23.0. The fourth-order valence-corrected chi connectivity index (χ4v) is 5.77. The summed E-state index contributed by atoms with van der Waals surface area (Å²) in [4.78, 5) is 15.7. The second-order valence-corrected chi connectivity index (χ2v) is 9.75. The average Bonchev–Trinajstić information content (AvgIpc) is 3.20. The van der Waals surface area contributed by atoms with Crippen molar-refractivity contribution in [3.8, 4) is 16.9 Å². The summed E-state index contributed by atoms with van der Waals surface area (Å²) in [6.07, 6.45) is 2.39. The van der Waals surface area contributed by atoms with Gasteiger partial charge in [0.1, 0.15) is 12.4 Å². The van der Waals surface area contributed by atoms with E-state index in [0.29, 0.717) is 19.4 Å². The van der Waals surface area contributed by atoms with Crippen molar-refractivity contribution in [2.45, 2.75) is 44.3 Å². The average molecular weight is 460 g/mol. The van der Waals surface area contributed by atoms with E-state index in [1.54, 1.807) is 11.3 Å². The van der Waals surface area contributed by atoms with Gasteiger partial charge in [-0.3, -0.25) is 9.78 Å². The molecule has 2 N–H and O–H groups in total. The zero-order valence-corrected chi connectivity index (χ0v) is 19.1. The van der Waals surface area contributed by atoms with Crippen molar-refractivity contribution in [3.63, 3.8) is 0 Å². The maximum absolute atomic E-state index is 11.3. The monoisotopic (exact) mass is 459 g/mol. The second kappa shape index (κ2) is 8.61. The van der Waals surface area contributed by atoms with Crippen molar-refractivity contribution < 1.29 is 19.7 Å². The summed E-state index contributed by atoms with van der Waals surface area (Å²) in [7, 11) is 0. The van der Waals surface area contributed by atoms with E-state index in [1.165, 1.54) is 15.6 Å². The van der Waals surface area contributed by atoms with Gasteiger partial charge in [-0.15, -0.1) is 11.3 Å². The molecule has 0 unspecified atom stereocenters. The Balaban J connectivity index is 1.32. The molecule has 2 heterocycles. The Hall–Kier alpha value is -3.22. The van der Waals surface area contributed by atoms with Crippen LogP contribution in [-0.2, 0) is 16.8 Å². The number of carbonyl (C=O) groups is 1. The molecule has 0 amide bonds. The Bertz CT molecular complexity index is 1310. The maximum Gasteiger partial charge on any atom is 0.304 e. The highest BCUT2D eigenvalue weighted by molar-refractivity contribution is 7.17. The number of ether oxygens (including phenoxy) is 1. The summed E-state index contributed by atoms with van der Waals surface area (Å²) in [6, 6.07) is 18.1. The summed E-state index contributed by atoms with van der Waals surface area (Å²) in [5.41, 5.74) is 4.90. The number of hydrogen-bond donors (Lipinski definition) is 2. The highest BCUT2D eigenvalue weighted by Gasteiger charge is 2.46. The molecule has 0 saturated heterocycles. The van der Waals surface area contributed by atoms with Crippen LogP contribution >= 0.6 is 11.3 Å². The second-order valence-electron chi connectivity index (χ2n) is 8.84. The maximum atomic E-state index is 11.3. The van der Waals surface area contributed by atoms with Crippen LogP contribution in [0.5, 0.6) is 5.75 Å². The van der Waals surface area contributed by atoms with Gasteiger partial charge in [0.05, 0.1) is 12.5 Å². The number of aryl methyl sites for hydroxylation is 1. The van der Waals surface area contributed by atoms with Gasteiger partial charge in [-0.2, -0.15) is 0 Å². The topological polar surface area (TPSA) is 79.7 Å². The van der Waals surface area contributed by atoms with Crippen molar-refractivity contribution in [3.05, 3.63) is 83.0 Å². The normalized spacial score (nSPS) is 19.9. The van der Waals surface area contributed by atoms with Gasteiger partial charge in [0.25, 0.3) is 0 Å². The number of aromatic nitrogens is 1. The van der Waals surface area contributed by atoms with Gasteiger partial charge in [0.15, 0.2) is 0 Å². The lowest BCUT2D eigenvalue weighted by Gasteiger charge is -2.45. The van der Waals surface area contributed by atoms with Crippen molar-refractivity contribution in [1.82, 2.24) is 4.98 Å². The fourth-order valence-electron chi connectivity index (χ4n) is 4.83. The van der Waals surface area contributed by atoms with Crippen LogP contribution in [-0.4, -0.2) is 27.3 Å². The van der Waals surface area contributed by atoms with Gasteiger partial charge in [-0.1, -0.05) is 24.3 Å². The molecule has 4 aromatic rings. The van der Waals surface area contributed by atoms with Crippen LogP contribution in [0.15, 0.2) is 66.2 Å². The van der Waals surface area contributed by atoms with Gasteiger partial charge >= 0.3 is 5.97 Å². The highest BCUT2D eigenvalue weighted by atomic mass is 32.1. The minimum Gasteiger partial charge on any atom is -0.489 e. The third kappa shape index (κ3) is 4.24. The van der Waals surface area contributed by atoms with E-state index >= 15 is 0 Å². The van der Waals surface area contributed by atoms with Crippen LogP contribution in [0.1, 0.15) is 36.1 Å². The van der Waals surface area contributed by atoms with Crippen molar-refractivity contribution in [1.29, 1.82) is 0 Å². The molecule has 2 aromatic carbocycles. The Morgan fingerprint density at radius 1 is 1.15 bits per heavy atom. The van der Waals surface area contributed by atoms with Crippen LogP contribution in [0.3, 0.4) is 0 Å². The number of nitrogens with zero attached hydrogens (tertiary/aromatic N) is 1. The lowest BCUT2D eigenvalue weighted by Crippen LogP contribution is -2.46. The van der Waals surface area contributed by atoms with Gasteiger partial charge < -0.3 is 14.9 Å². The van der Waals surface area contributed by atoms with Crippen LogP contribution in [0.4, 0.5) is 0 Å². The number of aliphatic hydroxyl groups is 1. The molecule has 0 spiro atoms. The van der Waals surface area contributed by atoms with Gasteiger partial charge in [-0.05, 0) is 66.6 Å². The lowest BCUT2D eigenvalue weighted by atomic mass is 9.61. The van der Waals surface area contributed by atoms with E-state index in [4.69, 9.17) is 4.74 Å². The van der Waals surface area contributed by atoms with E-state index in [0.717, 1.165) is 28.1 Å². The van der Waals surface area contributed by atoms with Crippen molar-refractivity contribution in [2.24, 2.45) is 0 Å². The van der Waals surface area contributed by atoms with E-state index in [1.807, 2.05) is 43.5 Å². The molecule has 1 aliphatic rings. The molecule has 0 atom stereocenters. The molecule has 1 aliphatic carbocycles. The zero-order valence-electron chi connectivity index (χ0n) is 18.3. The van der Waals surface area contributed by atoms with Crippen LogP contribution in [0, 0.1) is 6.92 Å². The van der Waals surface area contributed by atoms with Crippen molar-refractivity contribution >= 4 is 27.4 Å². The number of pyridine rings is 1. The standard InChI is InChI=1S/C27H25NO4S/c1-17-22(3-2-10-28-17)24-16-33-25-9-4-18(11-23(24)25)15-32-21-7-5-19(6-8-21)27(14-26(30)31)12-20(29)13-27/h2-11,16,20,29H,12-15H2,1H3,(H,30,31)/t20-,27-. The first kappa shape index (κ1) is 21.6. The molecule has 1 saturated carbocycles. The summed E-state index contributed by atoms with van der Waals surface area (Å²) in [5, 5.41) is 22.4. The minimum atomic E-state index is -0.841. The molecule has 0 radical (unpaired) electrons. The molecule has 33 heavy (non-hydrogen) atoms. The molecule has 6 heteroatoms. The first-order valence-corrected chi connectivity index (χ1v) is 11.9. The Labute approximate surface area is 196 Å². The third-order valence-corrected chi connectivity index (χ3v) is 7.51. The molecule has 0 bridgehead atoms. The van der Waals surface area contributed by atoms with E-state index in [9.17, 15) is 15.0 Å². The minimum absolute atomic E-state index is 0.0314. The van der Waals surface area contributed by atoms with Crippen LogP contribution in [0.25, 0.3) is 21.2 Å². The number of hydrogen-bond acceptors (Lipinski definition) is 5. The molecule has 2 aromatic heterocycles. The number of carboxylic acids is 1. The first-order valence-electron chi connectivity index (χ1n) is 11.0. The van der Waals surface area contributed by atoms with E-state index in [2.05, 4.69) is 34.6 Å². The molecular weight excluding hydrogens is 434 g/mol. The number of benzene rings is 2. The number of aliphatic hydroxyl groups excluding tert-OH is 1. The fraction of sp³-hybridized carbons (Fsp3) is 0.259. The van der Waals surface area contributed by atoms with Gasteiger partial charge in [0.2, 0.25) is 0 Å². The molecule has 168 valence electrons. The van der Waals surface area contributed by atoms with Gasteiger partial charge in [-0.25, -0.2) is 0 Å². The molecular formula is C27H25NO4S. The Morgan fingerprint density at radius 3 is 2.64 bits per heavy atom. The number of fused-ring (bicyclic) bond motifs is 1. The Kier molecular flexibility index (Phi) is 5.64. The predicted molar refractivity (Wildman–Crippen MR) is 130 cm³/mol. The summed E-state index contributed by atoms with van der Waals surface area (Å²) in [5.74, 6) is -0.107. The Morgan fingerprint density at radius 2 is 1.94 bits per heavy atom. The predicted octanol–water partition coefficient (Wildman–Crippen LogP) is 5.72. The van der Waals surface area contributed by atoms with Gasteiger partial charge in [0, 0.05) is 38.5 Å². The van der Waals surface area contributed by atoms with E-state index < -0.39 is 17.5 Å². The van der Waals surface area contributed by atoms with Crippen molar-refractivity contribution in [2.75, 3.05) is 0 Å². The quantitative estimate of drug-likeness (QED) is 0.370. The van der Waals surface area contributed by atoms with Crippen LogP contribution in [0.2, 0.25) is 0 Å².